The highest BCUT2D eigenvalue weighted by atomic mass is 32.2. The number of ether oxygens (including phenoxy) is 1. The van der Waals surface area contributed by atoms with Gasteiger partial charge in [-0.25, -0.2) is 12.7 Å². The third-order valence-corrected chi connectivity index (χ3v) is 4.70. The first-order valence-corrected chi connectivity index (χ1v) is 7.37. The average molecular weight is 316 g/mol. The lowest BCUT2D eigenvalue weighted by molar-refractivity contribution is -0.385. The van der Waals surface area contributed by atoms with E-state index in [9.17, 15) is 23.3 Å². The van der Waals surface area contributed by atoms with Gasteiger partial charge >= 0.3 is 0 Å². The largest absolute Gasteiger partial charge is 0.394 e. The van der Waals surface area contributed by atoms with Crippen LogP contribution in [0.2, 0.25) is 0 Å². The zero-order chi connectivity index (χ0) is 15.6. The number of benzene rings is 1. The number of nitrogens with zero attached hydrogens (tertiary/aromatic N) is 2. The van der Waals surface area contributed by atoms with Crippen LogP contribution in [0.25, 0.3) is 0 Å². The summed E-state index contributed by atoms with van der Waals surface area (Å²) in [6.45, 7) is -0.473. The van der Waals surface area contributed by atoms with Crippen molar-refractivity contribution in [3.63, 3.8) is 0 Å². The van der Waals surface area contributed by atoms with E-state index in [0.717, 1.165) is 18.2 Å². The van der Waals surface area contributed by atoms with E-state index in [-0.39, 0.29) is 36.8 Å². The van der Waals surface area contributed by atoms with Crippen LogP contribution >= 0.6 is 0 Å². The van der Waals surface area contributed by atoms with Crippen molar-refractivity contribution in [1.29, 1.82) is 0 Å². The number of carbonyl (C=O) groups excluding carboxylic acids is 1. The molecule has 0 radical (unpaired) electrons. The zero-order valence-corrected chi connectivity index (χ0v) is 11.6. The Labute approximate surface area is 119 Å². The number of nitro benzene ring substituents is 1. The maximum Gasteiger partial charge on any atom is 0.270 e. The predicted octanol–water partition coefficient (Wildman–Crippen LogP) is -0.252. The summed E-state index contributed by atoms with van der Waals surface area (Å²) in [5.74, 6) is -0.743. The molecule has 0 spiro atoms. The molecule has 0 aromatic heterocycles. The molecule has 0 saturated carbocycles. The van der Waals surface area contributed by atoms with Crippen molar-refractivity contribution in [2.24, 2.45) is 0 Å². The van der Waals surface area contributed by atoms with Crippen LogP contribution in [-0.4, -0.2) is 55.0 Å². The quantitative estimate of drug-likeness (QED) is 0.435. The first-order chi connectivity index (χ1) is 9.89. The zero-order valence-electron chi connectivity index (χ0n) is 10.8. The fourth-order valence-corrected chi connectivity index (χ4v) is 3.48. The number of nitro groups is 1. The van der Waals surface area contributed by atoms with Crippen molar-refractivity contribution in [1.82, 2.24) is 4.31 Å². The Balaban J connectivity index is 2.29. The van der Waals surface area contributed by atoms with Crippen LogP contribution < -0.4 is 0 Å². The standard InChI is InChI=1S/C11H12N2O7S/c14-4-6-20-5-3-12-11(15)9-2-1-8(13(16)17)7-10(9)21(12,18)19/h1-2,7,14H,3-6H2. The SMILES string of the molecule is O=C1c2ccc([N+](=O)[O-])cc2S(=O)(=O)N1CCOCCO. The van der Waals surface area contributed by atoms with Crippen molar-refractivity contribution in [3.8, 4) is 0 Å². The summed E-state index contributed by atoms with van der Waals surface area (Å²) in [7, 11) is -4.10. The van der Waals surface area contributed by atoms with E-state index in [0.29, 0.717) is 4.31 Å². The number of rotatable bonds is 6. The molecule has 0 saturated heterocycles. The van der Waals surface area contributed by atoms with Gasteiger partial charge in [-0.1, -0.05) is 0 Å². The topological polar surface area (TPSA) is 127 Å². The molecular formula is C11H12N2O7S. The van der Waals surface area contributed by atoms with E-state index in [1.165, 1.54) is 0 Å². The number of carbonyl (C=O) groups is 1. The van der Waals surface area contributed by atoms with Gasteiger partial charge in [0.1, 0.15) is 4.90 Å². The van der Waals surface area contributed by atoms with E-state index >= 15 is 0 Å². The number of amides is 1. The van der Waals surface area contributed by atoms with Gasteiger partial charge < -0.3 is 9.84 Å². The lowest BCUT2D eigenvalue weighted by atomic mass is 10.2. The van der Waals surface area contributed by atoms with Gasteiger partial charge in [0, 0.05) is 12.1 Å². The van der Waals surface area contributed by atoms with Gasteiger partial charge in [-0.3, -0.25) is 14.9 Å². The van der Waals surface area contributed by atoms with Crippen molar-refractivity contribution in [2.45, 2.75) is 4.90 Å². The van der Waals surface area contributed by atoms with Crippen LogP contribution in [0.15, 0.2) is 23.1 Å². The van der Waals surface area contributed by atoms with Gasteiger partial charge in [0.2, 0.25) is 0 Å². The summed E-state index contributed by atoms with van der Waals surface area (Å²) >= 11 is 0. The molecule has 1 aliphatic rings. The summed E-state index contributed by atoms with van der Waals surface area (Å²) in [6.07, 6.45) is 0. The van der Waals surface area contributed by atoms with E-state index in [4.69, 9.17) is 9.84 Å². The van der Waals surface area contributed by atoms with Crippen LogP contribution in [0.5, 0.6) is 0 Å². The molecule has 0 fully saturated rings. The summed E-state index contributed by atoms with van der Waals surface area (Å²) in [6, 6.07) is 3.08. The van der Waals surface area contributed by atoms with Crippen LogP contribution in [0.1, 0.15) is 10.4 Å². The highest BCUT2D eigenvalue weighted by molar-refractivity contribution is 7.90. The summed E-state index contributed by atoms with van der Waals surface area (Å²) in [4.78, 5) is 21.6. The van der Waals surface area contributed by atoms with E-state index in [1.807, 2.05) is 0 Å². The third-order valence-electron chi connectivity index (χ3n) is 2.88. The first kappa shape index (κ1) is 15.4. The molecule has 10 heteroatoms. The van der Waals surface area contributed by atoms with E-state index in [1.54, 1.807) is 0 Å². The lowest BCUT2D eigenvalue weighted by Gasteiger charge is -2.14. The van der Waals surface area contributed by atoms with Crippen molar-refractivity contribution in [3.05, 3.63) is 33.9 Å². The van der Waals surface area contributed by atoms with Crippen molar-refractivity contribution >= 4 is 21.6 Å². The number of aliphatic hydroxyl groups excluding tert-OH is 1. The lowest BCUT2D eigenvalue weighted by Crippen LogP contribution is -2.33. The van der Waals surface area contributed by atoms with Gasteiger partial charge in [-0.2, -0.15) is 0 Å². The van der Waals surface area contributed by atoms with Crippen LogP contribution in [-0.2, 0) is 14.8 Å². The molecule has 1 amide bonds. The number of aliphatic hydroxyl groups is 1. The minimum absolute atomic E-state index is 0.0283. The van der Waals surface area contributed by atoms with Crippen molar-refractivity contribution < 1.29 is 28.0 Å². The van der Waals surface area contributed by atoms with Crippen LogP contribution in [0.3, 0.4) is 0 Å². The highest BCUT2D eigenvalue weighted by Gasteiger charge is 2.41. The van der Waals surface area contributed by atoms with Gasteiger partial charge in [-0.15, -0.1) is 0 Å². The second-order valence-electron chi connectivity index (χ2n) is 4.16. The Hall–Kier alpha value is -2.04. The molecule has 0 atom stereocenters. The maximum absolute atomic E-state index is 12.2. The fraction of sp³-hybridized carbons (Fsp3) is 0.364. The molecule has 0 unspecified atom stereocenters. The summed E-state index contributed by atoms with van der Waals surface area (Å²) in [5.41, 5.74) is -0.494. The molecule has 1 aliphatic heterocycles. The Bertz CT molecular complexity index is 686. The van der Waals surface area contributed by atoms with Crippen molar-refractivity contribution in [2.75, 3.05) is 26.4 Å². The fourth-order valence-electron chi connectivity index (χ4n) is 1.91. The van der Waals surface area contributed by atoms with Gasteiger partial charge in [-0.05, 0) is 6.07 Å². The molecular weight excluding hydrogens is 304 g/mol. The third kappa shape index (κ3) is 2.73. The average Bonchev–Trinajstić information content (AvgIpc) is 2.63. The number of fused-ring (bicyclic) bond motifs is 1. The van der Waals surface area contributed by atoms with Gasteiger partial charge in [0.15, 0.2) is 0 Å². The van der Waals surface area contributed by atoms with Crippen LogP contribution in [0, 0.1) is 10.1 Å². The monoisotopic (exact) mass is 316 g/mol. The number of hydrogen-bond donors (Lipinski definition) is 1. The summed E-state index contributed by atoms with van der Waals surface area (Å²) in [5, 5.41) is 19.2. The molecule has 1 heterocycles. The molecule has 21 heavy (non-hydrogen) atoms. The minimum atomic E-state index is -4.10. The van der Waals surface area contributed by atoms with Gasteiger partial charge in [0.25, 0.3) is 21.6 Å². The Kier molecular flexibility index (Phi) is 4.21. The summed E-state index contributed by atoms with van der Waals surface area (Å²) < 4.78 is 30.0. The first-order valence-electron chi connectivity index (χ1n) is 5.93. The molecule has 0 aliphatic carbocycles. The molecule has 9 nitrogen and oxygen atoms in total. The number of non-ortho nitro benzene ring substituents is 1. The number of sulfonamides is 1. The second kappa shape index (κ2) is 5.76. The molecule has 1 aromatic carbocycles. The smallest absolute Gasteiger partial charge is 0.270 e. The van der Waals surface area contributed by atoms with E-state index < -0.39 is 26.5 Å². The predicted molar refractivity (Wildman–Crippen MR) is 69.2 cm³/mol. The van der Waals surface area contributed by atoms with Crippen LogP contribution in [0.4, 0.5) is 5.69 Å². The Morgan fingerprint density at radius 3 is 2.67 bits per heavy atom. The number of hydrogen-bond acceptors (Lipinski definition) is 7. The molecule has 2 rings (SSSR count). The molecule has 114 valence electrons. The minimum Gasteiger partial charge on any atom is -0.394 e. The molecule has 0 bridgehead atoms. The normalized spacial score (nSPS) is 16.0. The Morgan fingerprint density at radius 1 is 1.33 bits per heavy atom. The Morgan fingerprint density at radius 2 is 2.05 bits per heavy atom. The highest BCUT2D eigenvalue weighted by Crippen LogP contribution is 2.32. The molecule has 1 aromatic rings. The second-order valence-corrected chi connectivity index (χ2v) is 5.99. The van der Waals surface area contributed by atoms with E-state index in [2.05, 4.69) is 0 Å². The van der Waals surface area contributed by atoms with Gasteiger partial charge in [0.05, 0.1) is 36.9 Å². The molecule has 1 N–H and O–H groups in total. The maximum atomic E-state index is 12.2.